The first-order chi connectivity index (χ1) is 9.33. The molecule has 0 N–H and O–H groups in total. The monoisotopic (exact) mass is 331 g/mol. The number of hydrogen-bond donors (Lipinski definition) is 0. The van der Waals surface area contributed by atoms with Crippen LogP contribution in [0.5, 0.6) is 5.75 Å². The normalized spacial score (nSPS) is 12.4. The zero-order valence-electron chi connectivity index (χ0n) is 12.5. The van der Waals surface area contributed by atoms with Crippen molar-refractivity contribution in [3.05, 3.63) is 33.2 Å². The summed E-state index contributed by atoms with van der Waals surface area (Å²) in [4.78, 5) is 1.00. The highest BCUT2D eigenvalue weighted by atomic mass is 35.5. The van der Waals surface area contributed by atoms with Crippen LogP contribution in [0.25, 0.3) is 6.08 Å². The van der Waals surface area contributed by atoms with Crippen molar-refractivity contribution in [2.24, 2.45) is 0 Å². The van der Waals surface area contributed by atoms with E-state index in [1.807, 2.05) is 24.5 Å². The highest BCUT2D eigenvalue weighted by Crippen LogP contribution is 2.36. The van der Waals surface area contributed by atoms with Gasteiger partial charge < -0.3 is 4.74 Å². The molecule has 1 aromatic rings. The van der Waals surface area contributed by atoms with Gasteiger partial charge in [-0.2, -0.15) is 0 Å². The summed E-state index contributed by atoms with van der Waals surface area (Å²) < 4.78 is 16.2. The molecule has 0 atom stereocenters. The number of methoxy groups -OCH3 is 1. The first-order valence-electron chi connectivity index (χ1n) is 6.20. The van der Waals surface area contributed by atoms with Crippen molar-refractivity contribution >= 4 is 41.1 Å². The third-order valence-electron chi connectivity index (χ3n) is 2.91. The van der Waals surface area contributed by atoms with Crippen LogP contribution in [-0.4, -0.2) is 19.1 Å². The molecule has 0 aliphatic heterocycles. The lowest BCUT2D eigenvalue weighted by Gasteiger charge is -2.22. The molecule has 1 aromatic carbocycles. The quantitative estimate of drug-likeness (QED) is 0.726. The Bertz CT molecular complexity index is 519. The predicted octanol–water partition coefficient (Wildman–Crippen LogP) is 4.78. The zero-order chi connectivity index (χ0) is 15.3. The standard InChI is InChI=1S/C15H20ClO2S2/c1-15(2,3)12-8-14(18-4)10(7-13(12)16)6-11(19-5)9-20-17/h6-8H,9H2,1-5H3/q+1. The second kappa shape index (κ2) is 7.43. The van der Waals surface area contributed by atoms with Gasteiger partial charge in [0, 0.05) is 19.7 Å². The van der Waals surface area contributed by atoms with Gasteiger partial charge in [0.1, 0.15) is 5.75 Å². The molecule has 0 unspecified atom stereocenters. The molecule has 0 amide bonds. The molecule has 110 valence electrons. The van der Waals surface area contributed by atoms with E-state index in [9.17, 15) is 4.21 Å². The van der Waals surface area contributed by atoms with Gasteiger partial charge in [0.15, 0.2) is 0 Å². The lowest BCUT2D eigenvalue weighted by Crippen LogP contribution is -2.12. The van der Waals surface area contributed by atoms with E-state index in [1.54, 1.807) is 18.9 Å². The number of thioether (sulfide) groups is 1. The molecule has 0 bridgehead atoms. The van der Waals surface area contributed by atoms with Gasteiger partial charge in [-0.15, -0.1) is 11.8 Å². The molecule has 0 radical (unpaired) electrons. The minimum atomic E-state index is -0.0419. The molecule has 0 saturated heterocycles. The van der Waals surface area contributed by atoms with Crippen molar-refractivity contribution in [3.63, 3.8) is 0 Å². The Labute approximate surface area is 134 Å². The van der Waals surface area contributed by atoms with Crippen LogP contribution in [0.1, 0.15) is 31.9 Å². The van der Waals surface area contributed by atoms with E-state index in [2.05, 4.69) is 20.8 Å². The van der Waals surface area contributed by atoms with E-state index in [4.69, 9.17) is 16.3 Å². The topological polar surface area (TPSA) is 26.3 Å². The van der Waals surface area contributed by atoms with Crippen molar-refractivity contribution in [2.75, 3.05) is 19.1 Å². The molecule has 20 heavy (non-hydrogen) atoms. The summed E-state index contributed by atoms with van der Waals surface area (Å²) in [6.45, 7) is 6.35. The maximum atomic E-state index is 10.7. The van der Waals surface area contributed by atoms with Crippen molar-refractivity contribution in [1.82, 2.24) is 0 Å². The van der Waals surface area contributed by atoms with E-state index in [1.165, 1.54) is 0 Å². The molecular formula is C15H20ClO2S2+. The third kappa shape index (κ3) is 4.47. The third-order valence-corrected chi connectivity index (χ3v) is 4.62. The van der Waals surface area contributed by atoms with Gasteiger partial charge in [-0.25, -0.2) is 0 Å². The van der Waals surface area contributed by atoms with Crippen molar-refractivity contribution < 1.29 is 8.95 Å². The van der Waals surface area contributed by atoms with Crippen LogP contribution >= 0.6 is 23.4 Å². The Kier molecular flexibility index (Phi) is 6.49. The van der Waals surface area contributed by atoms with Crippen LogP contribution in [0, 0.1) is 0 Å². The Balaban J connectivity index is 3.35. The molecule has 0 fully saturated rings. The molecular weight excluding hydrogens is 312 g/mol. The van der Waals surface area contributed by atoms with Crippen LogP contribution in [0.4, 0.5) is 0 Å². The maximum absolute atomic E-state index is 10.7. The van der Waals surface area contributed by atoms with Gasteiger partial charge in [0.05, 0.1) is 7.11 Å². The average molecular weight is 332 g/mol. The summed E-state index contributed by atoms with van der Waals surface area (Å²) in [5, 5.41) is 0.722. The minimum Gasteiger partial charge on any atom is -0.496 e. The Hall–Kier alpha value is -0.580. The Morgan fingerprint density at radius 3 is 2.55 bits per heavy atom. The van der Waals surface area contributed by atoms with E-state index in [-0.39, 0.29) is 5.41 Å². The van der Waals surface area contributed by atoms with E-state index < -0.39 is 0 Å². The molecule has 2 nitrogen and oxygen atoms in total. The lowest BCUT2D eigenvalue weighted by molar-refractivity contribution is 0.411. The van der Waals surface area contributed by atoms with Gasteiger partial charge >= 0.3 is 11.7 Å². The molecule has 1 rings (SSSR count). The highest BCUT2D eigenvalue weighted by Gasteiger charge is 2.20. The molecule has 0 saturated carbocycles. The second-order valence-corrected chi connectivity index (χ2v) is 7.27. The molecule has 0 aliphatic rings. The van der Waals surface area contributed by atoms with Crippen LogP contribution in [0.15, 0.2) is 17.0 Å². The first-order valence-corrected chi connectivity index (χ1v) is 8.72. The summed E-state index contributed by atoms with van der Waals surface area (Å²) in [7, 11) is 1.65. The summed E-state index contributed by atoms with van der Waals surface area (Å²) in [6, 6.07) is 3.89. The lowest BCUT2D eigenvalue weighted by atomic mass is 9.86. The predicted molar refractivity (Wildman–Crippen MR) is 91.1 cm³/mol. The Morgan fingerprint density at radius 2 is 2.10 bits per heavy atom. The Morgan fingerprint density at radius 1 is 1.45 bits per heavy atom. The van der Waals surface area contributed by atoms with Crippen molar-refractivity contribution in [1.29, 1.82) is 0 Å². The maximum Gasteiger partial charge on any atom is 0.464 e. The van der Waals surface area contributed by atoms with E-state index in [0.29, 0.717) is 17.4 Å². The number of halogens is 1. The first kappa shape index (κ1) is 17.5. The summed E-state index contributed by atoms with van der Waals surface area (Å²) >= 11 is 8.52. The minimum absolute atomic E-state index is 0.0419. The number of hydrogen-bond acceptors (Lipinski definition) is 3. The summed E-state index contributed by atoms with van der Waals surface area (Å²) in [5.41, 5.74) is 1.92. The number of benzene rings is 1. The second-order valence-electron chi connectivity index (χ2n) is 5.40. The fraction of sp³-hybridized carbons (Fsp3) is 0.467. The fourth-order valence-electron chi connectivity index (χ4n) is 1.82. The van der Waals surface area contributed by atoms with Crippen LogP contribution in [0.3, 0.4) is 0 Å². The van der Waals surface area contributed by atoms with Crippen molar-refractivity contribution in [2.45, 2.75) is 26.2 Å². The van der Waals surface area contributed by atoms with Gasteiger partial charge in [-0.1, -0.05) is 32.4 Å². The van der Waals surface area contributed by atoms with Gasteiger partial charge in [-0.05, 0) is 35.4 Å². The fourth-order valence-corrected chi connectivity index (χ4v) is 3.34. The van der Waals surface area contributed by atoms with Gasteiger partial charge in [0.2, 0.25) is 0 Å². The molecule has 5 heteroatoms. The van der Waals surface area contributed by atoms with Crippen LogP contribution in [-0.2, 0) is 21.3 Å². The average Bonchev–Trinajstić information content (AvgIpc) is 2.36. The summed E-state index contributed by atoms with van der Waals surface area (Å²) in [5.74, 6) is 1.23. The summed E-state index contributed by atoms with van der Waals surface area (Å²) in [6.07, 6.45) is 3.92. The highest BCUT2D eigenvalue weighted by molar-refractivity contribution is 8.03. The van der Waals surface area contributed by atoms with Crippen LogP contribution in [0.2, 0.25) is 5.02 Å². The van der Waals surface area contributed by atoms with Gasteiger partial charge in [0.25, 0.3) is 5.75 Å². The molecule has 0 heterocycles. The molecule has 0 aromatic heterocycles. The van der Waals surface area contributed by atoms with E-state index >= 15 is 0 Å². The zero-order valence-corrected chi connectivity index (χ0v) is 14.8. The SMILES string of the molecule is COc1cc(C(C)(C)C)c(Cl)cc1C=C(C[S+]=O)SC. The number of rotatable bonds is 5. The smallest absolute Gasteiger partial charge is 0.464 e. The van der Waals surface area contributed by atoms with Crippen LogP contribution < -0.4 is 4.74 Å². The van der Waals surface area contributed by atoms with Gasteiger partial charge in [-0.3, -0.25) is 0 Å². The molecule has 0 aliphatic carbocycles. The molecule has 0 spiro atoms. The number of ether oxygens (including phenoxy) is 1. The van der Waals surface area contributed by atoms with Crippen molar-refractivity contribution in [3.8, 4) is 5.75 Å². The van der Waals surface area contributed by atoms with E-state index in [0.717, 1.165) is 26.8 Å². The largest absolute Gasteiger partial charge is 0.496 e.